The van der Waals surface area contributed by atoms with Gasteiger partial charge in [0.2, 0.25) is 5.88 Å². The van der Waals surface area contributed by atoms with Crippen LogP contribution in [0.2, 0.25) is 0 Å². The molecule has 0 atom stereocenters. The predicted molar refractivity (Wildman–Crippen MR) is 103 cm³/mol. The number of hydrazine groups is 1. The SMILES string of the molecule is Cc1ccc(Oc2ncnc(NNC(=O)c3ccccc3Br)c2N)cc1. The van der Waals surface area contributed by atoms with Crippen LogP contribution >= 0.6 is 15.9 Å². The average molecular weight is 414 g/mol. The van der Waals surface area contributed by atoms with Crippen LogP contribution in [0, 0.1) is 6.92 Å². The van der Waals surface area contributed by atoms with Gasteiger partial charge in [0.15, 0.2) is 5.82 Å². The quantitative estimate of drug-likeness (QED) is 0.551. The van der Waals surface area contributed by atoms with Gasteiger partial charge in [0, 0.05) is 4.47 Å². The molecule has 1 amide bonds. The lowest BCUT2D eigenvalue weighted by atomic mass is 10.2. The van der Waals surface area contributed by atoms with E-state index in [1.165, 1.54) is 6.33 Å². The molecule has 0 aliphatic heterocycles. The third kappa shape index (κ3) is 4.09. The molecule has 4 N–H and O–H groups in total. The van der Waals surface area contributed by atoms with E-state index < -0.39 is 0 Å². The second-order valence-electron chi connectivity index (χ2n) is 5.42. The maximum Gasteiger partial charge on any atom is 0.270 e. The van der Waals surface area contributed by atoms with Crippen LogP contribution in [-0.2, 0) is 0 Å². The molecule has 3 aromatic rings. The molecule has 0 spiro atoms. The number of aryl methyl sites for hydroxylation is 1. The summed E-state index contributed by atoms with van der Waals surface area (Å²) in [4.78, 5) is 20.3. The number of anilines is 2. The van der Waals surface area contributed by atoms with Crippen LogP contribution in [0.25, 0.3) is 0 Å². The number of amides is 1. The molecule has 0 saturated carbocycles. The topological polar surface area (TPSA) is 102 Å². The number of ether oxygens (including phenoxy) is 1. The van der Waals surface area contributed by atoms with Crippen molar-refractivity contribution in [3.05, 3.63) is 70.5 Å². The third-order valence-electron chi connectivity index (χ3n) is 3.50. The van der Waals surface area contributed by atoms with E-state index in [-0.39, 0.29) is 23.3 Å². The van der Waals surface area contributed by atoms with Crippen LogP contribution in [0.15, 0.2) is 59.3 Å². The third-order valence-corrected chi connectivity index (χ3v) is 4.19. The standard InChI is InChI=1S/C18H16BrN5O2/c1-11-6-8-12(9-7-11)26-18-15(20)16(21-10-22-18)23-24-17(25)13-4-2-3-5-14(13)19/h2-10H,20H2,1H3,(H,24,25)(H,21,22,23). The second kappa shape index (κ2) is 7.83. The minimum atomic E-state index is -0.337. The number of hydrogen-bond donors (Lipinski definition) is 3. The fourth-order valence-corrected chi connectivity index (χ4v) is 2.57. The Labute approximate surface area is 158 Å². The molecule has 0 fully saturated rings. The zero-order chi connectivity index (χ0) is 18.5. The van der Waals surface area contributed by atoms with Gasteiger partial charge in [-0.05, 0) is 47.1 Å². The van der Waals surface area contributed by atoms with Gasteiger partial charge in [-0.1, -0.05) is 29.8 Å². The number of hydrogen-bond acceptors (Lipinski definition) is 6. The van der Waals surface area contributed by atoms with E-state index in [1.807, 2.05) is 37.3 Å². The minimum absolute atomic E-state index is 0.181. The summed E-state index contributed by atoms with van der Waals surface area (Å²) in [6.07, 6.45) is 1.30. The van der Waals surface area contributed by atoms with Crippen molar-refractivity contribution >= 4 is 33.3 Å². The Morgan fingerprint density at radius 1 is 1.12 bits per heavy atom. The molecule has 3 rings (SSSR count). The zero-order valence-electron chi connectivity index (χ0n) is 13.9. The summed E-state index contributed by atoms with van der Waals surface area (Å²) < 4.78 is 6.36. The molecule has 7 nitrogen and oxygen atoms in total. The Balaban J connectivity index is 1.72. The highest BCUT2D eigenvalue weighted by Gasteiger charge is 2.13. The highest BCUT2D eigenvalue weighted by atomic mass is 79.9. The summed E-state index contributed by atoms with van der Waals surface area (Å²) in [5, 5.41) is 0. The number of nitrogens with two attached hydrogens (primary N) is 1. The first-order chi connectivity index (χ1) is 12.5. The fraction of sp³-hybridized carbons (Fsp3) is 0.0556. The average Bonchev–Trinajstić information content (AvgIpc) is 2.64. The number of nitrogens with one attached hydrogen (secondary N) is 2. The molecule has 0 aliphatic rings. The van der Waals surface area contributed by atoms with Crippen molar-refractivity contribution in [3.8, 4) is 11.6 Å². The Morgan fingerprint density at radius 3 is 2.58 bits per heavy atom. The summed E-state index contributed by atoms with van der Waals surface area (Å²) in [5.74, 6) is 0.699. The van der Waals surface area contributed by atoms with Crippen LogP contribution in [-0.4, -0.2) is 15.9 Å². The van der Waals surface area contributed by atoms with E-state index in [9.17, 15) is 4.79 Å². The van der Waals surface area contributed by atoms with Crippen LogP contribution in [0.5, 0.6) is 11.6 Å². The molecule has 0 aliphatic carbocycles. The summed E-state index contributed by atoms with van der Waals surface area (Å²) >= 11 is 3.33. The summed E-state index contributed by atoms with van der Waals surface area (Å²) in [7, 11) is 0. The minimum Gasteiger partial charge on any atom is -0.437 e. The van der Waals surface area contributed by atoms with Crippen molar-refractivity contribution < 1.29 is 9.53 Å². The molecule has 26 heavy (non-hydrogen) atoms. The molecular weight excluding hydrogens is 398 g/mol. The Bertz CT molecular complexity index is 931. The van der Waals surface area contributed by atoms with Crippen molar-refractivity contribution in [3.63, 3.8) is 0 Å². The van der Waals surface area contributed by atoms with E-state index in [1.54, 1.807) is 18.2 Å². The van der Waals surface area contributed by atoms with Crippen molar-refractivity contribution in [2.45, 2.75) is 6.92 Å². The number of carbonyl (C=O) groups is 1. The van der Waals surface area contributed by atoms with Crippen LogP contribution in [0.4, 0.5) is 11.5 Å². The largest absolute Gasteiger partial charge is 0.437 e. The van der Waals surface area contributed by atoms with Gasteiger partial charge in [-0.15, -0.1) is 0 Å². The van der Waals surface area contributed by atoms with E-state index in [0.29, 0.717) is 15.8 Å². The number of carbonyl (C=O) groups excluding carboxylic acids is 1. The van der Waals surface area contributed by atoms with E-state index in [4.69, 9.17) is 10.5 Å². The lowest BCUT2D eigenvalue weighted by molar-refractivity contribution is 0.0961. The highest BCUT2D eigenvalue weighted by Crippen LogP contribution is 2.29. The monoisotopic (exact) mass is 413 g/mol. The Morgan fingerprint density at radius 2 is 1.85 bits per heavy atom. The van der Waals surface area contributed by atoms with Gasteiger partial charge in [0.25, 0.3) is 5.91 Å². The smallest absolute Gasteiger partial charge is 0.270 e. The molecular formula is C18H16BrN5O2. The molecule has 0 saturated heterocycles. The van der Waals surface area contributed by atoms with Crippen LogP contribution in [0.3, 0.4) is 0 Å². The molecule has 132 valence electrons. The number of aromatic nitrogens is 2. The first-order valence-corrected chi connectivity index (χ1v) is 8.50. The number of halogens is 1. The molecule has 0 bridgehead atoms. The van der Waals surface area contributed by atoms with Crippen molar-refractivity contribution in [1.82, 2.24) is 15.4 Å². The summed E-state index contributed by atoms with van der Waals surface area (Å²) in [6, 6.07) is 14.5. The molecule has 1 aromatic heterocycles. The zero-order valence-corrected chi connectivity index (χ0v) is 15.4. The number of rotatable bonds is 5. The van der Waals surface area contributed by atoms with Crippen LogP contribution in [0.1, 0.15) is 15.9 Å². The molecule has 1 heterocycles. The van der Waals surface area contributed by atoms with Gasteiger partial charge in [-0.25, -0.2) is 4.98 Å². The number of benzene rings is 2. The lowest BCUT2D eigenvalue weighted by Crippen LogP contribution is -2.30. The molecule has 2 aromatic carbocycles. The number of nitrogen functional groups attached to an aromatic ring is 1. The first kappa shape index (κ1) is 17.7. The van der Waals surface area contributed by atoms with E-state index in [0.717, 1.165) is 5.56 Å². The summed E-state index contributed by atoms with van der Waals surface area (Å²) in [5.41, 5.74) is 13.1. The second-order valence-corrected chi connectivity index (χ2v) is 6.27. The molecule has 0 unspecified atom stereocenters. The van der Waals surface area contributed by atoms with Gasteiger partial charge in [0.1, 0.15) is 17.8 Å². The summed E-state index contributed by atoms with van der Waals surface area (Å²) in [6.45, 7) is 1.98. The van der Waals surface area contributed by atoms with Gasteiger partial charge in [0.05, 0.1) is 5.56 Å². The Kier molecular flexibility index (Phi) is 5.33. The number of nitrogens with zero attached hydrogens (tertiary/aromatic N) is 2. The maximum atomic E-state index is 12.2. The molecule has 8 heteroatoms. The normalized spacial score (nSPS) is 10.2. The maximum absolute atomic E-state index is 12.2. The lowest BCUT2D eigenvalue weighted by Gasteiger charge is -2.13. The van der Waals surface area contributed by atoms with Crippen LogP contribution < -0.4 is 21.3 Å². The predicted octanol–water partition coefficient (Wildman–Crippen LogP) is 3.68. The Hall–Kier alpha value is -3.13. The van der Waals surface area contributed by atoms with Crippen molar-refractivity contribution in [1.29, 1.82) is 0 Å². The van der Waals surface area contributed by atoms with Crippen molar-refractivity contribution in [2.24, 2.45) is 0 Å². The van der Waals surface area contributed by atoms with Gasteiger partial charge in [-0.3, -0.25) is 15.6 Å². The van der Waals surface area contributed by atoms with Gasteiger partial charge < -0.3 is 10.5 Å². The molecule has 0 radical (unpaired) electrons. The van der Waals surface area contributed by atoms with Gasteiger partial charge in [-0.2, -0.15) is 4.98 Å². The van der Waals surface area contributed by atoms with E-state index in [2.05, 4.69) is 36.7 Å². The fourth-order valence-electron chi connectivity index (χ4n) is 2.11. The van der Waals surface area contributed by atoms with Crippen molar-refractivity contribution in [2.75, 3.05) is 11.2 Å². The van der Waals surface area contributed by atoms with E-state index >= 15 is 0 Å². The first-order valence-electron chi connectivity index (χ1n) is 7.70. The highest BCUT2D eigenvalue weighted by molar-refractivity contribution is 9.10. The van der Waals surface area contributed by atoms with Gasteiger partial charge >= 0.3 is 0 Å².